The van der Waals surface area contributed by atoms with Gasteiger partial charge >= 0.3 is 11.9 Å². The summed E-state index contributed by atoms with van der Waals surface area (Å²) < 4.78 is 40.3. The van der Waals surface area contributed by atoms with Gasteiger partial charge in [0, 0.05) is 172 Å². The van der Waals surface area contributed by atoms with E-state index >= 15 is 4.39 Å². The molecule has 0 atom stereocenters. The SMILES string of the molecule is COCC12CCC(CCN3CCc4c(nc(C(=O)Nc5cccc(-c6cccc(NC(=O)c7nc8c(n7C)CCN(CCC79CCC(C(=O)O)(CC7)C9)C8)c6Cl)c5F)n4C)C3)(CC1)C2.COCC12CCC(CN3CCc4c(nc(C(=O)Nc5cccc(-c6cccc(NC(=O)c7nc8c(n7C)CCN(CCC79CCC(C(=O)OC)(CC7)C9)C8)c6Cl)c5Cl)n4C)C3)(CC1)C2. The topological polar surface area (TPSA) is 283 Å². The average molecular weight is 1810 g/mol. The van der Waals surface area contributed by atoms with Gasteiger partial charge in [-0.2, -0.15) is 0 Å². The number of nitrogens with one attached hydrogen (secondary N) is 4. The summed E-state index contributed by atoms with van der Waals surface area (Å²) in [5, 5.41) is 22.4. The fourth-order valence-electron chi connectivity index (χ4n) is 26.2. The molecule has 8 fully saturated rings. The molecule has 8 aromatic rings. The zero-order valence-corrected chi connectivity index (χ0v) is 77.2. The third-order valence-corrected chi connectivity index (χ3v) is 34.6. The molecule has 4 aromatic carbocycles. The molecule has 26 nitrogen and oxygen atoms in total. The number of carboxylic acids is 1. The van der Waals surface area contributed by atoms with E-state index in [9.17, 15) is 33.9 Å². The lowest BCUT2D eigenvalue weighted by Crippen LogP contribution is -2.39. The van der Waals surface area contributed by atoms with Crippen LogP contribution in [-0.2, 0) is 104 Å². The quantitative estimate of drug-likeness (QED) is 0.0299. The number of nitrogens with zero attached hydrogens (tertiary/aromatic N) is 12. The first kappa shape index (κ1) is 88.4. The highest BCUT2D eigenvalue weighted by molar-refractivity contribution is 6.40. The van der Waals surface area contributed by atoms with Crippen molar-refractivity contribution in [2.45, 2.75) is 200 Å². The third-order valence-electron chi connectivity index (χ3n) is 33.3. The molecule has 0 spiro atoms. The maximum Gasteiger partial charge on any atom is 0.311 e. The number of aliphatic carboxylic acids is 1. The molecule has 8 heterocycles. The van der Waals surface area contributed by atoms with Crippen LogP contribution in [0.4, 0.5) is 27.1 Å². The number of hydrogen-bond acceptors (Lipinski definition) is 17. The maximum absolute atomic E-state index is 16.4. The van der Waals surface area contributed by atoms with Gasteiger partial charge in [-0.15, -0.1) is 0 Å². The number of methoxy groups -OCH3 is 3. The van der Waals surface area contributed by atoms with Gasteiger partial charge in [0.2, 0.25) is 0 Å². The largest absolute Gasteiger partial charge is 0.481 e. The smallest absolute Gasteiger partial charge is 0.311 e. The monoisotopic (exact) mass is 1800 g/mol. The number of hydrogen-bond donors (Lipinski definition) is 5. The molecule has 680 valence electrons. The Hall–Kier alpha value is -8.90. The Morgan fingerprint density at radius 2 is 0.688 bits per heavy atom. The molecule has 12 aliphatic rings. The first-order valence-corrected chi connectivity index (χ1v) is 47.4. The molecule has 4 amide bonds. The Kier molecular flexibility index (Phi) is 23.7. The van der Waals surface area contributed by atoms with E-state index in [2.05, 4.69) is 40.9 Å². The van der Waals surface area contributed by atoms with Gasteiger partial charge in [0.15, 0.2) is 29.1 Å². The van der Waals surface area contributed by atoms with Crippen LogP contribution in [-0.4, -0.2) is 185 Å². The highest BCUT2D eigenvalue weighted by Crippen LogP contribution is 2.67. The van der Waals surface area contributed by atoms with Crippen molar-refractivity contribution in [3.8, 4) is 22.3 Å². The predicted molar refractivity (Wildman–Crippen MR) is 488 cm³/mol. The minimum Gasteiger partial charge on any atom is -0.481 e. The van der Waals surface area contributed by atoms with Gasteiger partial charge in [-0.25, -0.2) is 24.3 Å². The number of halogens is 4. The van der Waals surface area contributed by atoms with Crippen LogP contribution in [0.2, 0.25) is 15.1 Å². The van der Waals surface area contributed by atoms with E-state index in [1.807, 2.05) is 84.9 Å². The van der Waals surface area contributed by atoms with Crippen molar-refractivity contribution in [3.05, 3.63) is 163 Å². The summed E-state index contributed by atoms with van der Waals surface area (Å²) in [5.41, 5.74) is 11.8. The number of rotatable bonds is 27. The molecule has 4 aliphatic heterocycles. The molecule has 0 saturated heterocycles. The fourth-order valence-corrected chi connectivity index (χ4v) is 27.0. The minimum absolute atomic E-state index is 0.000300. The second kappa shape index (κ2) is 34.4. The van der Waals surface area contributed by atoms with Crippen molar-refractivity contribution in [1.82, 2.24) is 57.8 Å². The molecule has 8 saturated carbocycles. The van der Waals surface area contributed by atoms with Crippen LogP contribution in [0.1, 0.15) is 236 Å². The van der Waals surface area contributed by atoms with E-state index in [1.54, 1.807) is 42.5 Å². The minimum atomic E-state index is -0.651. The number of benzene rings is 4. The van der Waals surface area contributed by atoms with Crippen molar-refractivity contribution in [1.29, 1.82) is 0 Å². The molecule has 0 radical (unpaired) electrons. The number of aromatic nitrogens is 8. The normalized spacial score (nSPS) is 27.2. The van der Waals surface area contributed by atoms with Crippen LogP contribution >= 0.6 is 34.8 Å². The molecule has 5 N–H and O–H groups in total. The number of amides is 4. The number of esters is 1. The van der Waals surface area contributed by atoms with E-state index in [1.165, 1.54) is 83.8 Å². The molecule has 20 rings (SSSR count). The summed E-state index contributed by atoms with van der Waals surface area (Å²) in [4.78, 5) is 109. The molecule has 30 heteroatoms. The third kappa shape index (κ3) is 16.2. The standard InChI is InChI=1S/C49H60Cl2N8O5.C49H60ClFN8O5/c1-56-37-11-22-58(24-21-46-17-19-49(28-46,20-18-46)45(62)64-4)25-35(37)52-41(56)43(60)54-33-9-5-7-31(39(33)50)32-8-6-10-34(40(32)51)55-44(61)42-53-36-26-59(23-12-38(36)57(42)2)29-47-13-15-48(27-47,16-14-47)30-63-3;1-56-37-11-23-59(25-21-47-16-18-49(29-47,19-17-47)45(62)63)27-35(37)52-41(56)43(60)54-33-8-4-6-31(39(33)50)32-7-5-9-34(40(32)51)55-44(61)42-53-36-26-58(22-10-38(36)57(42)2)24-20-46-12-14-48(28-46,15-13-46)30-64-3/h5-10H,11-30H2,1-4H3,(H,54,60)(H,55,61);4-9H,10-30H2,1-3H3,(H,54,60)(H,55,61)(H,62,63). The highest BCUT2D eigenvalue weighted by Gasteiger charge is 2.61. The number of carbonyl (C=O) groups excluding carboxylic acids is 5. The molecule has 8 aliphatic carbocycles. The fraction of sp³-hybridized carbons (Fsp3) is 0.571. The van der Waals surface area contributed by atoms with Crippen molar-refractivity contribution in [2.24, 2.45) is 71.5 Å². The Morgan fingerprint density at radius 3 is 1.05 bits per heavy atom. The van der Waals surface area contributed by atoms with E-state index < -0.39 is 29.0 Å². The molecular weight excluding hydrogens is 1690 g/mol. The lowest BCUT2D eigenvalue weighted by atomic mass is 9.80. The van der Waals surface area contributed by atoms with Crippen LogP contribution in [0.25, 0.3) is 22.3 Å². The number of carbonyl (C=O) groups is 6. The second-order valence-corrected chi connectivity index (χ2v) is 41.9. The number of fused-ring (bicyclic) bond motifs is 12. The molecule has 4 aromatic heterocycles. The molecule has 0 unspecified atom stereocenters. The highest BCUT2D eigenvalue weighted by atomic mass is 35.5. The van der Waals surface area contributed by atoms with E-state index in [0.29, 0.717) is 96.7 Å². The number of carboxylic acid groups (broad SMARTS) is 1. The number of imidazole rings is 4. The zero-order chi connectivity index (χ0) is 89.2. The Balaban J connectivity index is 0.000000167. The summed E-state index contributed by atoms with van der Waals surface area (Å²) in [6.07, 6.45) is 28.3. The Morgan fingerprint density at radius 1 is 0.391 bits per heavy atom. The molecular formula is C98H120Cl3FN16O10. The zero-order valence-electron chi connectivity index (χ0n) is 74.9. The van der Waals surface area contributed by atoms with Gasteiger partial charge in [-0.05, 0) is 224 Å². The summed E-state index contributed by atoms with van der Waals surface area (Å²) in [5.74, 6) is -1.76. The van der Waals surface area contributed by atoms with Crippen LogP contribution in [0.15, 0.2) is 72.8 Å². The van der Waals surface area contributed by atoms with Crippen molar-refractivity contribution in [3.63, 3.8) is 0 Å². The Bertz CT molecular complexity index is 5720. The number of anilines is 4. The lowest BCUT2D eigenvalue weighted by molar-refractivity contribution is -0.152. The first-order chi connectivity index (χ1) is 61.5. The van der Waals surface area contributed by atoms with Gasteiger partial charge < -0.3 is 58.9 Å². The lowest BCUT2D eigenvalue weighted by Gasteiger charge is -2.35. The van der Waals surface area contributed by atoms with E-state index in [0.717, 1.165) is 220 Å². The van der Waals surface area contributed by atoms with Gasteiger partial charge in [-0.3, -0.25) is 48.4 Å². The Labute approximate surface area is 762 Å². The summed E-state index contributed by atoms with van der Waals surface area (Å²) in [7, 11) is 12.7. The summed E-state index contributed by atoms with van der Waals surface area (Å²) in [6, 6.07) is 20.7. The van der Waals surface area contributed by atoms with Crippen LogP contribution in [0, 0.1) is 49.1 Å². The average Bonchev–Trinajstić information content (AvgIpc) is 1.59. The summed E-state index contributed by atoms with van der Waals surface area (Å²) in [6.45, 7) is 11.9. The van der Waals surface area contributed by atoms with Crippen LogP contribution < -0.4 is 21.3 Å². The number of ether oxygens (including phenoxy) is 3. The summed E-state index contributed by atoms with van der Waals surface area (Å²) >= 11 is 21.0. The molecule has 8 bridgehead atoms. The molecule has 128 heavy (non-hydrogen) atoms. The van der Waals surface area contributed by atoms with Gasteiger partial charge in [0.05, 0.1) is 91.7 Å². The maximum atomic E-state index is 16.4. The van der Waals surface area contributed by atoms with Crippen LogP contribution in [0.5, 0.6) is 0 Å². The second-order valence-electron chi connectivity index (χ2n) is 40.8. The van der Waals surface area contributed by atoms with Gasteiger partial charge in [0.1, 0.15) is 0 Å². The van der Waals surface area contributed by atoms with Gasteiger partial charge in [-0.1, -0.05) is 83.3 Å². The van der Waals surface area contributed by atoms with Gasteiger partial charge in [0.25, 0.3) is 23.6 Å². The predicted octanol–water partition coefficient (Wildman–Crippen LogP) is 16.7. The van der Waals surface area contributed by atoms with Crippen molar-refractivity contribution >= 4 is 93.1 Å². The first-order valence-electron chi connectivity index (χ1n) is 46.3. The van der Waals surface area contributed by atoms with Crippen molar-refractivity contribution < 1.29 is 52.5 Å². The van der Waals surface area contributed by atoms with Crippen molar-refractivity contribution in [2.75, 3.05) is 108 Å². The van der Waals surface area contributed by atoms with E-state index in [-0.39, 0.29) is 62.0 Å². The van der Waals surface area contributed by atoms with E-state index in [4.69, 9.17) is 68.9 Å². The van der Waals surface area contributed by atoms with Crippen LogP contribution in [0.3, 0.4) is 0 Å².